The zero-order valence-corrected chi connectivity index (χ0v) is 17.8. The van der Waals surface area contributed by atoms with Gasteiger partial charge in [0, 0.05) is 10.0 Å². The van der Waals surface area contributed by atoms with Gasteiger partial charge in [-0.1, -0.05) is 71.4 Å². The number of amides is 1. The van der Waals surface area contributed by atoms with E-state index in [2.05, 4.69) is 42.4 Å². The SMILES string of the molecule is CC[C@@H](Oc1ccc2ccccc2c1Br)C(=O)NN=Cc1ccccc1Br. The molecule has 0 saturated heterocycles. The Hall–Kier alpha value is -2.18. The summed E-state index contributed by atoms with van der Waals surface area (Å²) in [7, 11) is 0. The topological polar surface area (TPSA) is 50.7 Å². The Morgan fingerprint density at radius 2 is 1.85 bits per heavy atom. The molecule has 0 radical (unpaired) electrons. The number of hydrazone groups is 1. The van der Waals surface area contributed by atoms with E-state index in [1.54, 1.807) is 6.21 Å². The lowest BCUT2D eigenvalue weighted by atomic mass is 10.1. The molecule has 3 aromatic rings. The van der Waals surface area contributed by atoms with Gasteiger partial charge in [-0.2, -0.15) is 5.10 Å². The van der Waals surface area contributed by atoms with Crippen molar-refractivity contribution in [1.29, 1.82) is 0 Å². The molecular formula is C21H18Br2N2O2. The highest BCUT2D eigenvalue weighted by Crippen LogP contribution is 2.33. The second-order valence-corrected chi connectivity index (χ2v) is 7.52. The van der Waals surface area contributed by atoms with Gasteiger partial charge in [0.25, 0.3) is 5.91 Å². The van der Waals surface area contributed by atoms with Crippen molar-refractivity contribution in [3.8, 4) is 5.75 Å². The van der Waals surface area contributed by atoms with Crippen LogP contribution in [0.5, 0.6) is 5.75 Å². The van der Waals surface area contributed by atoms with E-state index in [9.17, 15) is 4.79 Å². The van der Waals surface area contributed by atoms with Gasteiger partial charge in [-0.25, -0.2) is 5.43 Å². The highest BCUT2D eigenvalue weighted by molar-refractivity contribution is 9.11. The summed E-state index contributed by atoms with van der Waals surface area (Å²) in [6.07, 6.45) is 1.48. The van der Waals surface area contributed by atoms with Crippen molar-refractivity contribution < 1.29 is 9.53 Å². The minimum Gasteiger partial charge on any atom is -0.479 e. The molecule has 0 unspecified atom stereocenters. The van der Waals surface area contributed by atoms with Gasteiger partial charge in [0.2, 0.25) is 0 Å². The number of hydrogen-bond acceptors (Lipinski definition) is 3. The first kappa shape index (κ1) is 19.6. The van der Waals surface area contributed by atoms with Crippen molar-refractivity contribution in [2.24, 2.45) is 5.10 Å². The Morgan fingerprint density at radius 3 is 2.63 bits per heavy atom. The van der Waals surface area contributed by atoms with Crippen molar-refractivity contribution in [2.45, 2.75) is 19.4 Å². The average Bonchev–Trinajstić information content (AvgIpc) is 2.69. The van der Waals surface area contributed by atoms with E-state index in [1.807, 2.05) is 67.6 Å². The van der Waals surface area contributed by atoms with E-state index >= 15 is 0 Å². The molecule has 0 fully saturated rings. The monoisotopic (exact) mass is 488 g/mol. The number of carbonyl (C=O) groups is 1. The second-order valence-electron chi connectivity index (χ2n) is 5.87. The van der Waals surface area contributed by atoms with Gasteiger partial charge in [-0.3, -0.25) is 4.79 Å². The molecule has 3 aromatic carbocycles. The van der Waals surface area contributed by atoms with Gasteiger partial charge in [0.1, 0.15) is 5.75 Å². The van der Waals surface area contributed by atoms with Gasteiger partial charge in [0.15, 0.2) is 6.10 Å². The summed E-state index contributed by atoms with van der Waals surface area (Å²) in [6.45, 7) is 1.90. The van der Waals surface area contributed by atoms with Crippen molar-refractivity contribution in [3.63, 3.8) is 0 Å². The molecule has 1 atom stereocenters. The minimum absolute atomic E-state index is 0.291. The van der Waals surface area contributed by atoms with Gasteiger partial charge in [0.05, 0.1) is 10.7 Å². The van der Waals surface area contributed by atoms with Crippen LogP contribution in [0.2, 0.25) is 0 Å². The number of ether oxygens (including phenoxy) is 1. The zero-order chi connectivity index (χ0) is 19.2. The molecule has 138 valence electrons. The summed E-state index contributed by atoms with van der Waals surface area (Å²) >= 11 is 7.03. The van der Waals surface area contributed by atoms with E-state index in [1.165, 1.54) is 0 Å². The van der Waals surface area contributed by atoms with E-state index in [-0.39, 0.29) is 5.91 Å². The molecule has 0 spiro atoms. The van der Waals surface area contributed by atoms with E-state index in [0.29, 0.717) is 12.2 Å². The van der Waals surface area contributed by atoms with Crippen LogP contribution in [0.4, 0.5) is 0 Å². The van der Waals surface area contributed by atoms with Gasteiger partial charge >= 0.3 is 0 Å². The third-order valence-corrected chi connectivity index (χ3v) is 5.58. The fourth-order valence-corrected chi connectivity index (χ4v) is 3.57. The molecule has 0 aromatic heterocycles. The number of nitrogens with one attached hydrogen (secondary N) is 1. The third kappa shape index (κ3) is 4.76. The lowest BCUT2D eigenvalue weighted by Crippen LogP contribution is -2.35. The number of halogens is 2. The van der Waals surface area contributed by atoms with Crippen LogP contribution < -0.4 is 10.2 Å². The van der Waals surface area contributed by atoms with Crippen LogP contribution >= 0.6 is 31.9 Å². The standard InChI is InChI=1S/C21H18Br2N2O2/c1-2-18(21(26)25-24-13-15-8-4-6-10-17(15)22)27-19-12-11-14-7-3-5-9-16(14)20(19)23/h3-13,18H,2H2,1H3,(H,25,26)/t18-/m1/s1. The maximum atomic E-state index is 12.5. The first-order chi connectivity index (χ1) is 13.1. The molecule has 0 heterocycles. The van der Waals surface area contributed by atoms with Gasteiger partial charge in [-0.15, -0.1) is 0 Å². The summed E-state index contributed by atoms with van der Waals surface area (Å²) in [4.78, 5) is 12.5. The minimum atomic E-state index is -0.640. The highest BCUT2D eigenvalue weighted by atomic mass is 79.9. The average molecular weight is 490 g/mol. The van der Waals surface area contributed by atoms with Crippen LogP contribution in [0, 0.1) is 0 Å². The van der Waals surface area contributed by atoms with E-state index in [0.717, 1.165) is 25.3 Å². The largest absolute Gasteiger partial charge is 0.479 e. The molecule has 0 saturated carbocycles. The summed E-state index contributed by atoms with van der Waals surface area (Å²) in [5, 5.41) is 6.18. The van der Waals surface area contributed by atoms with Crippen molar-refractivity contribution in [2.75, 3.05) is 0 Å². The molecule has 1 amide bonds. The molecule has 0 aliphatic heterocycles. The van der Waals surface area contributed by atoms with Crippen LogP contribution in [0.3, 0.4) is 0 Å². The number of nitrogens with zero attached hydrogens (tertiary/aromatic N) is 1. The smallest absolute Gasteiger partial charge is 0.281 e. The third-order valence-electron chi connectivity index (χ3n) is 4.04. The number of rotatable bonds is 6. The Labute approximate surface area is 174 Å². The van der Waals surface area contributed by atoms with E-state index in [4.69, 9.17) is 4.74 Å². The lowest BCUT2D eigenvalue weighted by Gasteiger charge is -2.17. The predicted molar refractivity (Wildman–Crippen MR) is 116 cm³/mol. The van der Waals surface area contributed by atoms with Crippen molar-refractivity contribution in [3.05, 3.63) is 75.2 Å². The van der Waals surface area contributed by atoms with Crippen LogP contribution in [0.25, 0.3) is 10.8 Å². The fourth-order valence-electron chi connectivity index (χ4n) is 2.60. The molecule has 0 aliphatic rings. The Balaban J connectivity index is 1.71. The maximum absolute atomic E-state index is 12.5. The predicted octanol–water partition coefficient (Wildman–Crippen LogP) is 5.67. The number of carbonyl (C=O) groups excluding carboxylic acids is 1. The van der Waals surface area contributed by atoms with Crippen LogP contribution in [0.1, 0.15) is 18.9 Å². The van der Waals surface area contributed by atoms with Crippen LogP contribution in [-0.4, -0.2) is 18.2 Å². The molecule has 3 rings (SSSR count). The Morgan fingerprint density at radius 1 is 1.11 bits per heavy atom. The maximum Gasteiger partial charge on any atom is 0.281 e. The first-order valence-corrected chi connectivity index (χ1v) is 10.1. The molecule has 0 aliphatic carbocycles. The van der Waals surface area contributed by atoms with E-state index < -0.39 is 6.10 Å². The fraction of sp³-hybridized carbons (Fsp3) is 0.143. The van der Waals surface area contributed by atoms with Crippen LogP contribution in [0.15, 0.2) is 74.7 Å². The molecule has 0 bridgehead atoms. The molecular weight excluding hydrogens is 472 g/mol. The number of fused-ring (bicyclic) bond motifs is 1. The first-order valence-electron chi connectivity index (χ1n) is 8.51. The van der Waals surface area contributed by atoms with Crippen molar-refractivity contribution >= 4 is 54.8 Å². The summed E-state index contributed by atoms with van der Waals surface area (Å²) in [5.74, 6) is 0.339. The molecule has 1 N–H and O–H groups in total. The number of benzene rings is 3. The highest BCUT2D eigenvalue weighted by Gasteiger charge is 2.19. The molecule has 6 heteroatoms. The molecule has 4 nitrogen and oxygen atoms in total. The van der Waals surface area contributed by atoms with Gasteiger partial charge in [-0.05, 0) is 45.3 Å². The van der Waals surface area contributed by atoms with Gasteiger partial charge < -0.3 is 4.74 Å². The quantitative estimate of drug-likeness (QED) is 0.358. The van der Waals surface area contributed by atoms with Crippen molar-refractivity contribution in [1.82, 2.24) is 5.43 Å². The Kier molecular flexibility index (Phi) is 6.63. The molecule has 27 heavy (non-hydrogen) atoms. The zero-order valence-electron chi connectivity index (χ0n) is 14.7. The number of hydrogen-bond donors (Lipinski definition) is 1. The summed E-state index contributed by atoms with van der Waals surface area (Å²) < 4.78 is 7.69. The second kappa shape index (κ2) is 9.15. The normalized spacial score (nSPS) is 12.3. The Bertz CT molecular complexity index is 989. The summed E-state index contributed by atoms with van der Waals surface area (Å²) in [5.41, 5.74) is 3.43. The van der Waals surface area contributed by atoms with Crippen LogP contribution in [-0.2, 0) is 4.79 Å². The lowest BCUT2D eigenvalue weighted by molar-refractivity contribution is -0.128. The summed E-state index contributed by atoms with van der Waals surface area (Å²) in [6, 6.07) is 19.5.